The third-order valence-electron chi connectivity index (χ3n) is 8.46. The van der Waals surface area contributed by atoms with Crippen LogP contribution in [0.15, 0.2) is 29.5 Å². The van der Waals surface area contributed by atoms with E-state index < -0.39 is 0 Å². The van der Waals surface area contributed by atoms with Crippen molar-refractivity contribution in [1.82, 2.24) is 19.8 Å². The van der Waals surface area contributed by atoms with Crippen LogP contribution in [0, 0.1) is 11.8 Å². The number of piperazine rings is 1. The predicted octanol–water partition coefficient (Wildman–Crippen LogP) is 5.08. The summed E-state index contributed by atoms with van der Waals surface area (Å²) >= 11 is 0. The van der Waals surface area contributed by atoms with Crippen LogP contribution < -0.4 is 0 Å². The minimum absolute atomic E-state index is 0.0352. The van der Waals surface area contributed by atoms with Gasteiger partial charge in [0.2, 0.25) is 0 Å². The Labute approximate surface area is 193 Å². The molecule has 0 radical (unpaired) electrons. The fourth-order valence-corrected chi connectivity index (χ4v) is 6.59. The minimum Gasteiger partial charge on any atom is -0.321 e. The van der Waals surface area contributed by atoms with Crippen LogP contribution in [-0.2, 0) is 0 Å². The van der Waals surface area contributed by atoms with Gasteiger partial charge in [0.25, 0.3) is 0 Å². The first-order valence-corrected chi connectivity index (χ1v) is 13.0. The lowest BCUT2D eigenvalue weighted by Gasteiger charge is -2.41. The number of urea groups is 1. The number of hydrazone groups is 1. The Morgan fingerprint density at radius 1 is 0.844 bits per heavy atom. The molecular weight excluding hydrogens is 398 g/mol. The normalized spacial score (nSPS) is 30.4. The number of carbonyl (C=O) groups is 1. The number of amides is 2. The number of hydrogen-bond acceptors (Lipinski definition) is 4. The number of rotatable bonds is 3. The van der Waals surface area contributed by atoms with E-state index in [1.807, 2.05) is 29.3 Å². The number of carbonyl (C=O) groups excluding carboxylic acids is 1. The summed E-state index contributed by atoms with van der Waals surface area (Å²) in [6.45, 7) is 3.61. The van der Waals surface area contributed by atoms with Crippen molar-refractivity contribution in [2.24, 2.45) is 16.9 Å². The summed E-state index contributed by atoms with van der Waals surface area (Å²) in [5.74, 6) is 1.98. The molecule has 32 heavy (non-hydrogen) atoms. The molecule has 1 aromatic heterocycles. The summed E-state index contributed by atoms with van der Waals surface area (Å²) < 4.78 is 0. The van der Waals surface area contributed by atoms with Crippen LogP contribution in [0.25, 0.3) is 0 Å². The van der Waals surface area contributed by atoms with E-state index in [-0.39, 0.29) is 12.1 Å². The molecule has 3 fully saturated rings. The Balaban J connectivity index is 1.14. The van der Waals surface area contributed by atoms with Gasteiger partial charge in [-0.25, -0.2) is 9.80 Å². The highest BCUT2D eigenvalue weighted by atomic mass is 16.2. The molecule has 0 bridgehead atoms. The molecule has 2 aliphatic carbocycles. The molecule has 174 valence electrons. The van der Waals surface area contributed by atoms with Crippen molar-refractivity contribution >= 4 is 12.2 Å². The molecule has 6 nitrogen and oxygen atoms in total. The Hall–Kier alpha value is -1.95. The fraction of sp³-hybridized carbons (Fsp3) is 0.731. The molecule has 2 amide bonds. The predicted molar refractivity (Wildman–Crippen MR) is 127 cm³/mol. The highest BCUT2D eigenvalue weighted by Gasteiger charge is 2.35. The van der Waals surface area contributed by atoms with Crippen molar-refractivity contribution in [2.45, 2.75) is 82.7 Å². The number of hydrogen-bond donors (Lipinski definition) is 0. The average molecular weight is 438 g/mol. The van der Waals surface area contributed by atoms with Crippen LogP contribution in [0.1, 0.15) is 82.4 Å². The van der Waals surface area contributed by atoms with Gasteiger partial charge in [-0.15, -0.1) is 0 Å². The van der Waals surface area contributed by atoms with E-state index >= 15 is 0 Å². The van der Waals surface area contributed by atoms with E-state index in [9.17, 15) is 4.79 Å². The molecule has 4 aliphatic rings. The Kier molecular flexibility index (Phi) is 7.06. The van der Waals surface area contributed by atoms with Gasteiger partial charge in [-0.3, -0.25) is 9.88 Å². The Bertz CT molecular complexity index is 770. The van der Waals surface area contributed by atoms with Crippen molar-refractivity contribution < 1.29 is 4.79 Å². The lowest BCUT2D eigenvalue weighted by Crippen LogP contribution is -2.54. The van der Waals surface area contributed by atoms with Gasteiger partial charge in [-0.2, -0.15) is 5.10 Å². The maximum Gasteiger partial charge on any atom is 0.341 e. The number of aromatic nitrogens is 1. The molecule has 2 saturated carbocycles. The van der Waals surface area contributed by atoms with E-state index in [2.05, 4.69) is 15.0 Å². The van der Waals surface area contributed by atoms with Crippen molar-refractivity contribution in [3.63, 3.8) is 0 Å². The first-order valence-electron chi connectivity index (χ1n) is 13.0. The lowest BCUT2D eigenvalue weighted by atomic mass is 9.79. The Morgan fingerprint density at radius 2 is 1.56 bits per heavy atom. The van der Waals surface area contributed by atoms with Gasteiger partial charge in [0.15, 0.2) is 0 Å². The van der Waals surface area contributed by atoms with Crippen molar-refractivity contribution in [3.8, 4) is 0 Å². The molecule has 0 spiro atoms. The SMILES string of the molecule is O=C(N1CCN(C2CCCCC(C3CCCC3)CC2)CC1)N1N=CCC1c1ccccn1. The van der Waals surface area contributed by atoms with Crippen molar-refractivity contribution in [3.05, 3.63) is 30.1 Å². The molecular formula is C26H39N5O. The first kappa shape index (κ1) is 21.9. The second-order valence-corrected chi connectivity index (χ2v) is 10.3. The number of nitrogens with zero attached hydrogens (tertiary/aromatic N) is 5. The van der Waals surface area contributed by atoms with E-state index in [0.717, 1.165) is 50.1 Å². The van der Waals surface area contributed by atoms with Gasteiger partial charge in [0, 0.05) is 51.1 Å². The van der Waals surface area contributed by atoms with Crippen LogP contribution in [0.3, 0.4) is 0 Å². The monoisotopic (exact) mass is 437 g/mol. The van der Waals surface area contributed by atoms with Gasteiger partial charge >= 0.3 is 6.03 Å². The molecule has 3 atom stereocenters. The summed E-state index contributed by atoms with van der Waals surface area (Å²) in [6.07, 6.45) is 18.6. The summed E-state index contributed by atoms with van der Waals surface area (Å²) in [4.78, 5) is 22.4. The zero-order chi connectivity index (χ0) is 21.8. The largest absolute Gasteiger partial charge is 0.341 e. The van der Waals surface area contributed by atoms with E-state index in [1.165, 1.54) is 64.2 Å². The Morgan fingerprint density at radius 3 is 2.28 bits per heavy atom. The molecule has 0 N–H and O–H groups in total. The quantitative estimate of drug-likeness (QED) is 0.662. The van der Waals surface area contributed by atoms with E-state index in [4.69, 9.17) is 0 Å². The molecule has 0 aromatic carbocycles. The zero-order valence-electron chi connectivity index (χ0n) is 19.4. The van der Waals surface area contributed by atoms with Crippen LogP contribution >= 0.6 is 0 Å². The van der Waals surface area contributed by atoms with Gasteiger partial charge < -0.3 is 4.90 Å². The highest BCUT2D eigenvalue weighted by Crippen LogP contribution is 2.38. The smallest absolute Gasteiger partial charge is 0.321 e. The fourth-order valence-electron chi connectivity index (χ4n) is 6.59. The maximum absolute atomic E-state index is 13.2. The molecule has 3 heterocycles. The molecule has 3 unspecified atom stereocenters. The van der Waals surface area contributed by atoms with Crippen LogP contribution in [0.5, 0.6) is 0 Å². The van der Waals surface area contributed by atoms with Crippen molar-refractivity contribution in [2.75, 3.05) is 26.2 Å². The average Bonchev–Trinajstić information content (AvgIpc) is 3.52. The maximum atomic E-state index is 13.2. The summed E-state index contributed by atoms with van der Waals surface area (Å²) in [7, 11) is 0. The van der Waals surface area contributed by atoms with Crippen molar-refractivity contribution in [1.29, 1.82) is 0 Å². The van der Waals surface area contributed by atoms with Crippen LogP contribution in [0.4, 0.5) is 4.79 Å². The van der Waals surface area contributed by atoms with E-state index in [1.54, 1.807) is 11.2 Å². The highest BCUT2D eigenvalue weighted by molar-refractivity contribution is 5.78. The summed E-state index contributed by atoms with van der Waals surface area (Å²) in [6, 6.07) is 6.56. The van der Waals surface area contributed by atoms with E-state index in [0.29, 0.717) is 6.04 Å². The zero-order valence-corrected chi connectivity index (χ0v) is 19.4. The molecule has 2 aliphatic heterocycles. The third kappa shape index (κ3) is 4.85. The van der Waals surface area contributed by atoms with Gasteiger partial charge in [-0.1, -0.05) is 51.0 Å². The van der Waals surface area contributed by atoms with Gasteiger partial charge in [0.05, 0.1) is 5.69 Å². The molecule has 5 rings (SSSR count). The molecule has 6 heteroatoms. The summed E-state index contributed by atoms with van der Waals surface area (Å²) in [5.41, 5.74) is 0.920. The van der Waals surface area contributed by atoms with Crippen LogP contribution in [-0.4, -0.2) is 64.3 Å². The van der Waals surface area contributed by atoms with Gasteiger partial charge in [-0.05, 0) is 43.2 Å². The molecule has 1 saturated heterocycles. The van der Waals surface area contributed by atoms with Gasteiger partial charge in [0.1, 0.15) is 6.04 Å². The minimum atomic E-state index is -0.0696. The summed E-state index contributed by atoms with van der Waals surface area (Å²) in [5, 5.41) is 6.06. The topological polar surface area (TPSA) is 52.0 Å². The molecule has 1 aromatic rings. The lowest BCUT2D eigenvalue weighted by molar-refractivity contribution is 0.0728. The standard InChI is InChI=1S/C26H39N5O/c32-26(31-25(14-16-28-31)24-11-5-6-15-27-24)30-19-17-29(18-20-30)23-10-4-3-9-22(12-13-23)21-7-1-2-8-21/h5-6,11,15-16,21-23,25H,1-4,7-10,12-14,17-20H2. The third-order valence-corrected chi connectivity index (χ3v) is 8.46. The van der Waals surface area contributed by atoms with Crippen LogP contribution in [0.2, 0.25) is 0 Å². The number of pyridine rings is 1. The second kappa shape index (κ2) is 10.3. The first-order chi connectivity index (χ1) is 15.8. The second-order valence-electron chi connectivity index (χ2n) is 10.3.